The maximum atomic E-state index is 11.9. The molecular formula is C22H32IN5O2. The molecule has 0 unspecified atom stereocenters. The third-order valence-corrected chi connectivity index (χ3v) is 5.13. The van der Waals surface area contributed by atoms with Gasteiger partial charge in [0.05, 0.1) is 24.8 Å². The highest BCUT2D eigenvalue weighted by Crippen LogP contribution is 2.25. The van der Waals surface area contributed by atoms with Gasteiger partial charge in [-0.3, -0.25) is 4.79 Å². The van der Waals surface area contributed by atoms with Crippen LogP contribution < -0.4 is 10.6 Å². The first-order valence-electron chi connectivity index (χ1n) is 10.5. The lowest BCUT2D eigenvalue weighted by Crippen LogP contribution is -2.45. The van der Waals surface area contributed by atoms with Crippen molar-refractivity contribution >= 4 is 35.9 Å². The van der Waals surface area contributed by atoms with Crippen molar-refractivity contribution in [3.05, 3.63) is 48.3 Å². The first kappa shape index (κ1) is 24.2. The molecule has 1 aromatic heterocycles. The van der Waals surface area contributed by atoms with Crippen LogP contribution in [0, 0.1) is 5.92 Å². The molecule has 7 nitrogen and oxygen atoms in total. The summed E-state index contributed by atoms with van der Waals surface area (Å²) in [7, 11) is 0. The van der Waals surface area contributed by atoms with Gasteiger partial charge in [-0.1, -0.05) is 12.1 Å². The van der Waals surface area contributed by atoms with E-state index in [1.54, 1.807) is 6.20 Å². The summed E-state index contributed by atoms with van der Waals surface area (Å²) in [4.78, 5) is 16.7. The molecule has 1 aromatic carbocycles. The molecule has 1 aliphatic rings. The molecule has 1 saturated carbocycles. The fourth-order valence-electron chi connectivity index (χ4n) is 3.64. The van der Waals surface area contributed by atoms with E-state index in [1.165, 1.54) is 0 Å². The van der Waals surface area contributed by atoms with Crippen LogP contribution in [-0.2, 0) is 16.1 Å². The molecule has 0 saturated heterocycles. The fraction of sp³-hybridized carbons (Fsp3) is 0.500. The molecule has 1 heterocycles. The van der Waals surface area contributed by atoms with E-state index in [2.05, 4.69) is 34.8 Å². The minimum Gasteiger partial charge on any atom is -0.466 e. The van der Waals surface area contributed by atoms with Crippen LogP contribution in [0.4, 0.5) is 0 Å². The maximum absolute atomic E-state index is 11.9. The molecule has 1 fully saturated rings. The van der Waals surface area contributed by atoms with E-state index in [1.807, 2.05) is 36.0 Å². The minimum atomic E-state index is -0.0522. The van der Waals surface area contributed by atoms with Gasteiger partial charge < -0.3 is 15.4 Å². The molecule has 1 aliphatic carbocycles. The smallest absolute Gasteiger partial charge is 0.308 e. The Kier molecular flexibility index (Phi) is 10.1. The van der Waals surface area contributed by atoms with Gasteiger partial charge in [0.15, 0.2) is 5.96 Å². The molecule has 2 aromatic rings. The Bertz CT molecular complexity index is 802. The van der Waals surface area contributed by atoms with Crippen LogP contribution in [0.25, 0.3) is 5.69 Å². The minimum absolute atomic E-state index is 0. The Morgan fingerprint density at radius 3 is 2.70 bits per heavy atom. The number of aromatic nitrogens is 2. The predicted molar refractivity (Wildman–Crippen MR) is 129 cm³/mol. The van der Waals surface area contributed by atoms with Crippen LogP contribution in [0.5, 0.6) is 0 Å². The van der Waals surface area contributed by atoms with Gasteiger partial charge in [-0.25, -0.2) is 9.67 Å². The number of guanidine groups is 1. The molecule has 164 valence electrons. The Hall–Kier alpha value is -2.10. The Labute approximate surface area is 195 Å². The number of esters is 1. The largest absolute Gasteiger partial charge is 0.466 e. The molecule has 0 atom stereocenters. The van der Waals surface area contributed by atoms with Gasteiger partial charge in [-0.15, -0.1) is 24.0 Å². The average Bonchev–Trinajstić information content (AvgIpc) is 3.28. The second-order valence-corrected chi connectivity index (χ2v) is 7.26. The summed E-state index contributed by atoms with van der Waals surface area (Å²) in [5, 5.41) is 11.1. The zero-order valence-corrected chi connectivity index (χ0v) is 20.0. The molecule has 0 aliphatic heterocycles. The molecule has 0 radical (unpaired) electrons. The molecule has 0 spiro atoms. The van der Waals surface area contributed by atoms with Gasteiger partial charge in [0, 0.05) is 25.0 Å². The number of hydrogen-bond acceptors (Lipinski definition) is 4. The normalized spacial score (nSPS) is 18.9. The van der Waals surface area contributed by atoms with Crippen molar-refractivity contribution in [3.63, 3.8) is 0 Å². The number of rotatable bonds is 7. The Morgan fingerprint density at radius 2 is 2.03 bits per heavy atom. The zero-order valence-electron chi connectivity index (χ0n) is 17.7. The lowest BCUT2D eigenvalue weighted by atomic mass is 9.86. The van der Waals surface area contributed by atoms with E-state index >= 15 is 0 Å². The van der Waals surface area contributed by atoms with Gasteiger partial charge in [0.1, 0.15) is 0 Å². The number of carbonyl (C=O) groups excluding carboxylic acids is 1. The number of aliphatic imine (C=N–C) groups is 1. The second kappa shape index (κ2) is 12.6. The van der Waals surface area contributed by atoms with Gasteiger partial charge in [0.2, 0.25) is 0 Å². The predicted octanol–water partition coefficient (Wildman–Crippen LogP) is 3.67. The van der Waals surface area contributed by atoms with Gasteiger partial charge in [0.25, 0.3) is 0 Å². The molecule has 0 amide bonds. The third kappa shape index (κ3) is 7.00. The standard InChI is InChI=1S/C22H31N5O2.HI/c1-3-23-22(26-19-11-9-18(10-12-19)21(28)29-4-2)24-16-17-7-5-8-20(15-17)27-14-6-13-25-27;/h5-8,13-15,18-19H,3-4,9-12,16H2,1-2H3,(H2,23,24,26);1H. The molecule has 2 N–H and O–H groups in total. The first-order chi connectivity index (χ1) is 14.2. The topological polar surface area (TPSA) is 80.5 Å². The first-order valence-corrected chi connectivity index (χ1v) is 10.5. The zero-order chi connectivity index (χ0) is 20.5. The summed E-state index contributed by atoms with van der Waals surface area (Å²) in [6, 6.07) is 10.5. The molecule has 8 heteroatoms. The van der Waals surface area contributed by atoms with E-state index in [0.29, 0.717) is 19.2 Å². The van der Waals surface area contributed by atoms with Crippen molar-refractivity contribution in [2.75, 3.05) is 13.2 Å². The molecule has 3 rings (SSSR count). The second-order valence-electron chi connectivity index (χ2n) is 7.26. The van der Waals surface area contributed by atoms with Crippen LogP contribution in [0.2, 0.25) is 0 Å². The highest BCUT2D eigenvalue weighted by molar-refractivity contribution is 14.0. The number of benzene rings is 1. The van der Waals surface area contributed by atoms with Crippen molar-refractivity contribution in [2.24, 2.45) is 10.9 Å². The lowest BCUT2D eigenvalue weighted by Gasteiger charge is -2.29. The van der Waals surface area contributed by atoms with E-state index < -0.39 is 0 Å². The number of nitrogens with zero attached hydrogens (tertiary/aromatic N) is 3. The third-order valence-electron chi connectivity index (χ3n) is 5.13. The van der Waals surface area contributed by atoms with Crippen molar-refractivity contribution in [3.8, 4) is 5.69 Å². The van der Waals surface area contributed by atoms with Crippen LogP contribution >= 0.6 is 24.0 Å². The van der Waals surface area contributed by atoms with Crippen molar-refractivity contribution in [1.29, 1.82) is 0 Å². The van der Waals surface area contributed by atoms with Crippen molar-refractivity contribution in [2.45, 2.75) is 52.1 Å². The van der Waals surface area contributed by atoms with Crippen molar-refractivity contribution in [1.82, 2.24) is 20.4 Å². The summed E-state index contributed by atoms with van der Waals surface area (Å²) < 4.78 is 7.00. The van der Waals surface area contributed by atoms with Crippen LogP contribution in [-0.4, -0.2) is 40.9 Å². The number of nitrogens with one attached hydrogen (secondary N) is 2. The highest BCUT2D eigenvalue weighted by atomic mass is 127. The summed E-state index contributed by atoms with van der Waals surface area (Å²) in [6.07, 6.45) is 7.32. The van der Waals surface area contributed by atoms with Gasteiger partial charge in [-0.2, -0.15) is 5.10 Å². The summed E-state index contributed by atoms with van der Waals surface area (Å²) in [6.45, 7) is 5.76. The number of ether oxygens (including phenoxy) is 1. The Morgan fingerprint density at radius 1 is 1.23 bits per heavy atom. The monoisotopic (exact) mass is 525 g/mol. The quantitative estimate of drug-likeness (QED) is 0.250. The Balaban J connectivity index is 0.00000320. The molecular weight excluding hydrogens is 493 g/mol. The number of carbonyl (C=O) groups is 1. The SMILES string of the molecule is CCNC(=NCc1cccc(-n2cccn2)c1)NC1CCC(C(=O)OCC)CC1.I. The van der Waals surface area contributed by atoms with Gasteiger partial charge >= 0.3 is 5.97 Å². The van der Waals surface area contributed by atoms with E-state index in [9.17, 15) is 4.79 Å². The number of hydrogen-bond donors (Lipinski definition) is 2. The summed E-state index contributed by atoms with van der Waals surface area (Å²) >= 11 is 0. The van der Waals surface area contributed by atoms with E-state index in [0.717, 1.165) is 49.4 Å². The fourth-order valence-corrected chi connectivity index (χ4v) is 3.64. The van der Waals surface area contributed by atoms with Gasteiger partial charge in [-0.05, 0) is 63.3 Å². The molecule has 30 heavy (non-hydrogen) atoms. The number of halogens is 1. The summed E-state index contributed by atoms with van der Waals surface area (Å²) in [5.74, 6) is 0.803. The maximum Gasteiger partial charge on any atom is 0.308 e. The van der Waals surface area contributed by atoms with Crippen LogP contribution in [0.1, 0.15) is 45.1 Å². The molecule has 0 bridgehead atoms. The van der Waals surface area contributed by atoms with Crippen LogP contribution in [0.3, 0.4) is 0 Å². The van der Waals surface area contributed by atoms with E-state index in [-0.39, 0.29) is 35.9 Å². The summed E-state index contributed by atoms with van der Waals surface area (Å²) in [5.41, 5.74) is 2.15. The highest BCUT2D eigenvalue weighted by Gasteiger charge is 2.27. The van der Waals surface area contributed by atoms with E-state index in [4.69, 9.17) is 9.73 Å². The van der Waals surface area contributed by atoms with Crippen LogP contribution in [0.15, 0.2) is 47.7 Å². The average molecular weight is 525 g/mol. The van der Waals surface area contributed by atoms with Crippen molar-refractivity contribution < 1.29 is 9.53 Å². The lowest BCUT2D eigenvalue weighted by molar-refractivity contribution is -0.149.